The first-order chi connectivity index (χ1) is 16.5. The van der Waals surface area contributed by atoms with Crippen LogP contribution in [-0.4, -0.2) is 23.6 Å². The molecule has 180 valence electrons. The van der Waals surface area contributed by atoms with Gasteiger partial charge in [-0.25, -0.2) is 4.79 Å². The zero-order valence-corrected chi connectivity index (χ0v) is 21.9. The average Bonchev–Trinajstić information content (AvgIpc) is 3.23. The molecule has 2 heterocycles. The lowest BCUT2D eigenvalue weighted by Gasteiger charge is -2.18. The molecule has 6 heteroatoms. The molecule has 35 heavy (non-hydrogen) atoms. The molecule has 0 fully saturated rings. The summed E-state index contributed by atoms with van der Waals surface area (Å²) < 4.78 is 7.24. The average molecular weight is 489 g/mol. The van der Waals surface area contributed by atoms with Crippen LogP contribution >= 0.6 is 11.6 Å². The number of halogens is 1. The highest BCUT2D eigenvalue weighted by Crippen LogP contribution is 2.37. The van der Waals surface area contributed by atoms with E-state index < -0.39 is 5.97 Å². The lowest BCUT2D eigenvalue weighted by Crippen LogP contribution is -2.24. The van der Waals surface area contributed by atoms with E-state index >= 15 is 0 Å². The minimum absolute atomic E-state index is 0.255. The molecule has 0 saturated heterocycles. The molecule has 0 N–H and O–H groups in total. The van der Waals surface area contributed by atoms with Gasteiger partial charge < -0.3 is 9.30 Å². The fourth-order valence-electron chi connectivity index (χ4n) is 4.63. The van der Waals surface area contributed by atoms with Crippen molar-refractivity contribution in [3.63, 3.8) is 0 Å². The summed E-state index contributed by atoms with van der Waals surface area (Å²) in [5.41, 5.74) is 8.88. The number of carbonyl (C=O) groups is 2. The van der Waals surface area contributed by atoms with E-state index in [-0.39, 0.29) is 11.5 Å². The van der Waals surface area contributed by atoms with Crippen molar-refractivity contribution in [2.45, 2.75) is 41.5 Å². The van der Waals surface area contributed by atoms with Gasteiger partial charge in [0.25, 0.3) is 5.91 Å². The Hall–Kier alpha value is -3.57. The van der Waals surface area contributed by atoms with Crippen molar-refractivity contribution < 1.29 is 14.3 Å². The summed E-state index contributed by atoms with van der Waals surface area (Å²) in [5, 5.41) is 0.553. The number of aromatic nitrogens is 1. The molecule has 0 atom stereocenters. The summed E-state index contributed by atoms with van der Waals surface area (Å²) in [6, 6.07) is 13.8. The van der Waals surface area contributed by atoms with Crippen molar-refractivity contribution in [3.8, 4) is 5.69 Å². The van der Waals surface area contributed by atoms with Crippen LogP contribution in [0.3, 0.4) is 0 Å². The number of allylic oxidation sites excluding steroid dienone is 1. The molecule has 0 radical (unpaired) electrons. The van der Waals surface area contributed by atoms with Crippen LogP contribution in [0.5, 0.6) is 0 Å². The quantitative estimate of drug-likeness (QED) is 0.309. The van der Waals surface area contributed by atoms with Crippen LogP contribution in [-0.2, 0) is 14.3 Å². The Morgan fingerprint density at radius 1 is 0.943 bits per heavy atom. The SMILES string of the molecule is COC(=O)C1=C(C)N(c2ccc(C)c(Cl)c2)C(=O)/C1=C\c1cc(C)n(-c2cc(C)ccc2C)c1C. The molecule has 0 aliphatic carbocycles. The number of ether oxygens (including phenoxy) is 1. The highest BCUT2D eigenvalue weighted by molar-refractivity contribution is 6.32. The highest BCUT2D eigenvalue weighted by atomic mass is 35.5. The van der Waals surface area contributed by atoms with Crippen LogP contribution in [0, 0.1) is 34.6 Å². The number of esters is 1. The largest absolute Gasteiger partial charge is 0.465 e. The Balaban J connectivity index is 1.87. The number of nitrogens with zero attached hydrogens (tertiary/aromatic N) is 2. The van der Waals surface area contributed by atoms with Crippen molar-refractivity contribution in [2.24, 2.45) is 0 Å². The van der Waals surface area contributed by atoms with Gasteiger partial charge in [0, 0.05) is 27.8 Å². The maximum absolute atomic E-state index is 13.7. The Morgan fingerprint density at radius 3 is 2.29 bits per heavy atom. The molecule has 3 aromatic rings. The summed E-state index contributed by atoms with van der Waals surface area (Å²) in [4.78, 5) is 28.0. The molecule has 0 unspecified atom stereocenters. The summed E-state index contributed by atoms with van der Waals surface area (Å²) in [6.07, 6.45) is 1.79. The lowest BCUT2D eigenvalue weighted by molar-refractivity contribution is -0.136. The second-order valence-electron chi connectivity index (χ2n) is 9.04. The lowest BCUT2D eigenvalue weighted by atomic mass is 10.0. The van der Waals surface area contributed by atoms with Crippen LogP contribution in [0.4, 0.5) is 5.69 Å². The molecule has 0 bridgehead atoms. The number of carbonyl (C=O) groups excluding carboxylic acids is 2. The van der Waals surface area contributed by atoms with Crippen molar-refractivity contribution in [1.82, 2.24) is 4.57 Å². The normalized spacial score (nSPS) is 14.9. The first kappa shape index (κ1) is 24.6. The van der Waals surface area contributed by atoms with Gasteiger partial charge in [-0.2, -0.15) is 0 Å². The van der Waals surface area contributed by atoms with Crippen LogP contribution in [0.1, 0.15) is 40.6 Å². The van der Waals surface area contributed by atoms with Gasteiger partial charge in [-0.15, -0.1) is 0 Å². The van der Waals surface area contributed by atoms with Crippen LogP contribution in [0.25, 0.3) is 11.8 Å². The van der Waals surface area contributed by atoms with Gasteiger partial charge in [-0.3, -0.25) is 9.69 Å². The van der Waals surface area contributed by atoms with Crippen molar-refractivity contribution >= 4 is 35.2 Å². The topological polar surface area (TPSA) is 51.5 Å². The third-order valence-corrected chi connectivity index (χ3v) is 6.99. The molecule has 1 aliphatic rings. The monoisotopic (exact) mass is 488 g/mol. The maximum Gasteiger partial charge on any atom is 0.340 e. The molecular formula is C29H29ClN2O3. The van der Waals surface area contributed by atoms with Gasteiger partial charge in [-0.1, -0.05) is 29.8 Å². The number of amides is 1. The van der Waals surface area contributed by atoms with Gasteiger partial charge >= 0.3 is 5.97 Å². The van der Waals surface area contributed by atoms with E-state index in [9.17, 15) is 9.59 Å². The fourth-order valence-corrected chi connectivity index (χ4v) is 4.81. The van der Waals surface area contributed by atoms with Crippen LogP contribution in [0.2, 0.25) is 5.02 Å². The van der Waals surface area contributed by atoms with E-state index in [0.29, 0.717) is 22.0 Å². The van der Waals surface area contributed by atoms with Crippen molar-refractivity contribution in [3.05, 3.63) is 98.0 Å². The summed E-state index contributed by atoms with van der Waals surface area (Å²) >= 11 is 6.34. The van der Waals surface area contributed by atoms with Gasteiger partial charge in [0.2, 0.25) is 0 Å². The van der Waals surface area contributed by atoms with E-state index in [1.165, 1.54) is 17.6 Å². The minimum atomic E-state index is -0.550. The number of hydrogen-bond acceptors (Lipinski definition) is 3. The molecule has 1 aromatic heterocycles. The number of methoxy groups -OCH3 is 1. The number of hydrogen-bond donors (Lipinski definition) is 0. The van der Waals surface area contributed by atoms with Gasteiger partial charge in [0.15, 0.2) is 0 Å². The first-order valence-corrected chi connectivity index (χ1v) is 11.8. The third kappa shape index (κ3) is 4.21. The summed E-state index contributed by atoms with van der Waals surface area (Å²) in [6.45, 7) is 11.9. The Labute approximate surface area is 211 Å². The van der Waals surface area contributed by atoms with E-state index in [2.05, 4.69) is 36.6 Å². The predicted molar refractivity (Wildman–Crippen MR) is 141 cm³/mol. The van der Waals surface area contributed by atoms with Gasteiger partial charge in [0.1, 0.15) is 0 Å². The van der Waals surface area contributed by atoms with Gasteiger partial charge in [-0.05, 0) is 94.1 Å². The van der Waals surface area contributed by atoms with Crippen LogP contribution in [0.15, 0.2) is 59.3 Å². The molecule has 0 saturated carbocycles. The molecule has 1 aliphatic heterocycles. The summed E-state index contributed by atoms with van der Waals surface area (Å²) in [7, 11) is 1.32. The second kappa shape index (κ2) is 9.23. The summed E-state index contributed by atoms with van der Waals surface area (Å²) in [5.74, 6) is -0.842. The van der Waals surface area contributed by atoms with E-state index in [0.717, 1.165) is 33.8 Å². The third-order valence-electron chi connectivity index (χ3n) is 6.58. The number of aryl methyl sites for hydroxylation is 4. The molecule has 1 amide bonds. The first-order valence-electron chi connectivity index (χ1n) is 11.4. The smallest absolute Gasteiger partial charge is 0.340 e. The van der Waals surface area contributed by atoms with Crippen molar-refractivity contribution in [2.75, 3.05) is 12.0 Å². The predicted octanol–water partition coefficient (Wildman–Crippen LogP) is 6.55. The van der Waals surface area contributed by atoms with E-state index in [1.54, 1.807) is 19.1 Å². The minimum Gasteiger partial charge on any atom is -0.465 e. The Bertz CT molecular complexity index is 1440. The van der Waals surface area contributed by atoms with Crippen LogP contribution < -0.4 is 4.90 Å². The fraction of sp³-hybridized carbons (Fsp3) is 0.241. The molecule has 0 spiro atoms. The highest BCUT2D eigenvalue weighted by Gasteiger charge is 2.38. The van der Waals surface area contributed by atoms with E-state index in [1.807, 2.05) is 39.0 Å². The maximum atomic E-state index is 13.7. The number of anilines is 1. The zero-order chi connectivity index (χ0) is 25.6. The number of benzene rings is 2. The molecule has 4 rings (SSSR count). The zero-order valence-electron chi connectivity index (χ0n) is 21.1. The Morgan fingerprint density at radius 2 is 1.63 bits per heavy atom. The Kier molecular flexibility index (Phi) is 6.48. The second-order valence-corrected chi connectivity index (χ2v) is 9.44. The van der Waals surface area contributed by atoms with Gasteiger partial charge in [0.05, 0.1) is 23.9 Å². The van der Waals surface area contributed by atoms with E-state index in [4.69, 9.17) is 16.3 Å². The van der Waals surface area contributed by atoms with Crippen molar-refractivity contribution in [1.29, 1.82) is 0 Å². The molecular weight excluding hydrogens is 460 g/mol. The standard InChI is InChI=1S/C29H29ClN2O3/c1-16-8-9-18(3)26(12-16)31-19(4)13-22(20(31)5)14-24-27(29(34)35-7)21(6)32(28(24)33)23-11-10-17(2)25(30)15-23/h8-15H,1-7H3/b24-14-. The molecule has 5 nitrogen and oxygen atoms in total. The molecule has 2 aromatic carbocycles. The number of rotatable bonds is 4.